The lowest BCUT2D eigenvalue weighted by Gasteiger charge is -2.10. The van der Waals surface area contributed by atoms with Crippen LogP contribution in [-0.4, -0.2) is 13.4 Å². The third kappa shape index (κ3) is 3.24. The highest BCUT2D eigenvalue weighted by atomic mass is 35.5. The van der Waals surface area contributed by atoms with E-state index in [1.54, 1.807) is 6.07 Å². The van der Waals surface area contributed by atoms with Gasteiger partial charge in [-0.1, -0.05) is 29.3 Å². The molecule has 0 bridgehead atoms. The van der Waals surface area contributed by atoms with E-state index < -0.39 is 21.4 Å². The molecular formula is C12H6Cl2FN3O2S. The summed E-state index contributed by atoms with van der Waals surface area (Å²) in [5.41, 5.74) is -0.585. The van der Waals surface area contributed by atoms with E-state index in [-0.39, 0.29) is 20.8 Å². The fraction of sp³-hybridized carbons (Fsp3) is 0. The van der Waals surface area contributed by atoms with Crippen molar-refractivity contribution in [2.75, 3.05) is 4.72 Å². The first-order valence-corrected chi connectivity index (χ1v) is 7.61. The van der Waals surface area contributed by atoms with Gasteiger partial charge < -0.3 is 0 Å². The van der Waals surface area contributed by atoms with Crippen molar-refractivity contribution in [3.05, 3.63) is 52.0 Å². The highest BCUT2D eigenvalue weighted by molar-refractivity contribution is 7.92. The molecule has 0 saturated carbocycles. The molecule has 9 heteroatoms. The highest BCUT2D eigenvalue weighted by Gasteiger charge is 2.19. The predicted molar refractivity (Wildman–Crippen MR) is 76.2 cm³/mol. The second kappa shape index (κ2) is 5.85. The lowest BCUT2D eigenvalue weighted by atomic mass is 10.2. The average Bonchev–Trinajstić information content (AvgIpc) is 2.41. The van der Waals surface area contributed by atoms with Crippen LogP contribution in [0.2, 0.25) is 10.2 Å². The van der Waals surface area contributed by atoms with Gasteiger partial charge >= 0.3 is 0 Å². The number of anilines is 1. The fourth-order valence-electron chi connectivity index (χ4n) is 1.48. The zero-order valence-electron chi connectivity index (χ0n) is 10.1. The van der Waals surface area contributed by atoms with Gasteiger partial charge in [0, 0.05) is 6.20 Å². The number of aromatic nitrogens is 1. The second-order valence-corrected chi connectivity index (χ2v) is 6.27. The van der Waals surface area contributed by atoms with Gasteiger partial charge in [0.2, 0.25) is 0 Å². The van der Waals surface area contributed by atoms with Crippen molar-refractivity contribution in [1.29, 1.82) is 5.26 Å². The topological polar surface area (TPSA) is 82.9 Å². The largest absolute Gasteiger partial charge is 0.278 e. The molecule has 0 aliphatic carbocycles. The Hall–Kier alpha value is -1.88. The standard InChI is InChI=1S/C12H6Cl2FN3O2S/c13-9-4-7(6-17-12(9)14)21(19,20)18-11-3-1-2-10(15)8(11)5-16/h1-4,6,18H. The van der Waals surface area contributed by atoms with Crippen LogP contribution in [0.1, 0.15) is 5.56 Å². The number of hydrogen-bond acceptors (Lipinski definition) is 4. The molecule has 1 aromatic carbocycles. The van der Waals surface area contributed by atoms with Gasteiger partial charge in [-0.2, -0.15) is 5.26 Å². The van der Waals surface area contributed by atoms with Gasteiger partial charge in [-0.3, -0.25) is 4.72 Å². The molecule has 1 aromatic heterocycles. The second-order valence-electron chi connectivity index (χ2n) is 3.82. The van der Waals surface area contributed by atoms with Gasteiger partial charge in [-0.25, -0.2) is 17.8 Å². The number of rotatable bonds is 3. The SMILES string of the molecule is N#Cc1c(F)cccc1NS(=O)(=O)c1cnc(Cl)c(Cl)c1. The molecule has 108 valence electrons. The molecule has 5 nitrogen and oxygen atoms in total. The first-order chi connectivity index (χ1) is 9.85. The number of benzene rings is 1. The Morgan fingerprint density at radius 2 is 2.05 bits per heavy atom. The molecule has 1 N–H and O–H groups in total. The van der Waals surface area contributed by atoms with Crippen molar-refractivity contribution in [3.63, 3.8) is 0 Å². The van der Waals surface area contributed by atoms with E-state index in [0.717, 1.165) is 18.3 Å². The number of nitrogens with zero attached hydrogens (tertiary/aromatic N) is 2. The molecule has 0 unspecified atom stereocenters. The summed E-state index contributed by atoms with van der Waals surface area (Å²) >= 11 is 11.3. The molecule has 2 aromatic rings. The molecule has 0 amide bonds. The predicted octanol–water partition coefficient (Wildman–Crippen LogP) is 3.20. The maximum absolute atomic E-state index is 13.4. The minimum Gasteiger partial charge on any atom is -0.278 e. The Morgan fingerprint density at radius 1 is 1.33 bits per heavy atom. The first kappa shape index (κ1) is 15.5. The summed E-state index contributed by atoms with van der Waals surface area (Å²) in [7, 11) is -4.08. The maximum Gasteiger partial charge on any atom is 0.263 e. The summed E-state index contributed by atoms with van der Waals surface area (Å²) in [6.45, 7) is 0. The van der Waals surface area contributed by atoms with E-state index in [2.05, 4.69) is 9.71 Å². The smallest absolute Gasteiger partial charge is 0.263 e. The van der Waals surface area contributed by atoms with Crippen molar-refractivity contribution in [2.24, 2.45) is 0 Å². The summed E-state index contributed by atoms with van der Waals surface area (Å²) in [6.07, 6.45) is 1.00. The molecule has 2 rings (SSSR count). The van der Waals surface area contributed by atoms with Gasteiger partial charge in [0.1, 0.15) is 27.5 Å². The normalized spacial score (nSPS) is 11.0. The Bertz CT molecular complexity index is 850. The van der Waals surface area contributed by atoms with Crippen LogP contribution < -0.4 is 4.72 Å². The van der Waals surface area contributed by atoms with E-state index in [0.29, 0.717) is 0 Å². The van der Waals surface area contributed by atoms with Crippen LogP contribution in [0, 0.1) is 17.1 Å². The quantitative estimate of drug-likeness (QED) is 0.865. The van der Waals surface area contributed by atoms with Crippen LogP contribution >= 0.6 is 23.2 Å². The number of halogens is 3. The lowest BCUT2D eigenvalue weighted by molar-refractivity contribution is 0.600. The van der Waals surface area contributed by atoms with Gasteiger partial charge in [-0.15, -0.1) is 0 Å². The van der Waals surface area contributed by atoms with Crippen molar-refractivity contribution in [2.45, 2.75) is 4.90 Å². The van der Waals surface area contributed by atoms with E-state index in [9.17, 15) is 12.8 Å². The van der Waals surface area contributed by atoms with Crippen LogP contribution in [0.5, 0.6) is 0 Å². The minimum absolute atomic E-state index is 0.0423. The van der Waals surface area contributed by atoms with Crippen LogP contribution in [-0.2, 0) is 10.0 Å². The summed E-state index contributed by atoms with van der Waals surface area (Å²) in [4.78, 5) is 3.36. The van der Waals surface area contributed by atoms with Gasteiger partial charge in [0.15, 0.2) is 0 Å². The van der Waals surface area contributed by atoms with Crippen LogP contribution in [0.4, 0.5) is 10.1 Å². The minimum atomic E-state index is -4.08. The Labute approximate surface area is 130 Å². The molecule has 0 aliphatic rings. The summed E-state index contributed by atoms with van der Waals surface area (Å²) < 4.78 is 39.9. The van der Waals surface area contributed by atoms with Crippen molar-refractivity contribution < 1.29 is 12.8 Å². The maximum atomic E-state index is 13.4. The number of pyridine rings is 1. The highest BCUT2D eigenvalue weighted by Crippen LogP contribution is 2.25. The van der Waals surface area contributed by atoms with Crippen LogP contribution in [0.15, 0.2) is 35.4 Å². The molecule has 0 radical (unpaired) electrons. The number of nitrogens with one attached hydrogen (secondary N) is 1. The molecule has 0 atom stereocenters. The third-order valence-corrected chi connectivity index (χ3v) is 4.47. The summed E-state index contributed by atoms with van der Waals surface area (Å²) in [5.74, 6) is -0.829. The number of sulfonamides is 1. The third-order valence-electron chi connectivity index (χ3n) is 2.45. The molecule has 1 heterocycles. The molecule has 0 spiro atoms. The molecular weight excluding hydrogens is 340 g/mol. The first-order valence-electron chi connectivity index (χ1n) is 5.37. The van der Waals surface area contributed by atoms with Gasteiger partial charge in [0.05, 0.1) is 10.7 Å². The Kier molecular flexibility index (Phi) is 4.32. The molecule has 0 fully saturated rings. The molecule has 21 heavy (non-hydrogen) atoms. The van der Waals surface area contributed by atoms with Crippen molar-refractivity contribution in [1.82, 2.24) is 4.98 Å². The number of nitriles is 1. The van der Waals surface area contributed by atoms with E-state index in [1.165, 1.54) is 12.1 Å². The van der Waals surface area contributed by atoms with Crippen molar-refractivity contribution >= 4 is 38.9 Å². The van der Waals surface area contributed by atoms with E-state index in [4.69, 9.17) is 28.5 Å². The zero-order chi connectivity index (χ0) is 15.6. The molecule has 0 saturated heterocycles. The van der Waals surface area contributed by atoms with Crippen LogP contribution in [0.3, 0.4) is 0 Å². The fourth-order valence-corrected chi connectivity index (χ4v) is 2.85. The lowest BCUT2D eigenvalue weighted by Crippen LogP contribution is -2.14. The Morgan fingerprint density at radius 3 is 2.67 bits per heavy atom. The summed E-state index contributed by atoms with van der Waals surface area (Å²) in [6, 6.07) is 6.29. The van der Waals surface area contributed by atoms with Gasteiger partial charge in [0.25, 0.3) is 10.0 Å². The van der Waals surface area contributed by atoms with Gasteiger partial charge in [-0.05, 0) is 18.2 Å². The number of hydrogen-bond donors (Lipinski definition) is 1. The zero-order valence-corrected chi connectivity index (χ0v) is 12.5. The van der Waals surface area contributed by atoms with E-state index >= 15 is 0 Å². The monoisotopic (exact) mass is 345 g/mol. The van der Waals surface area contributed by atoms with Crippen LogP contribution in [0.25, 0.3) is 0 Å². The molecule has 0 aliphatic heterocycles. The Balaban J connectivity index is 2.45. The van der Waals surface area contributed by atoms with E-state index in [1.807, 2.05) is 0 Å². The average molecular weight is 346 g/mol. The van der Waals surface area contributed by atoms with Crippen molar-refractivity contribution in [3.8, 4) is 6.07 Å². The summed E-state index contributed by atoms with van der Waals surface area (Å²) in [5, 5.41) is 8.79.